The average molecular weight is 367 g/mol. The number of primary amides is 1. The van der Waals surface area contributed by atoms with Crippen LogP contribution in [0.3, 0.4) is 0 Å². The first-order valence-electron chi connectivity index (χ1n) is 8.48. The highest BCUT2D eigenvalue weighted by molar-refractivity contribution is 6.09. The van der Waals surface area contributed by atoms with Gasteiger partial charge in [-0.15, -0.1) is 0 Å². The molecule has 0 unspecified atom stereocenters. The molecule has 7 heteroatoms. The lowest BCUT2D eigenvalue weighted by Gasteiger charge is -2.24. The molecular formula is C20H21N3O4. The predicted molar refractivity (Wildman–Crippen MR) is 100 cm³/mol. The highest BCUT2D eigenvalue weighted by atomic mass is 16.3. The molecule has 2 heterocycles. The van der Waals surface area contributed by atoms with E-state index in [1.165, 1.54) is 6.92 Å². The summed E-state index contributed by atoms with van der Waals surface area (Å²) in [5.74, 6) is -0.918. The Morgan fingerprint density at radius 3 is 2.56 bits per heavy atom. The number of furan rings is 1. The summed E-state index contributed by atoms with van der Waals surface area (Å²) in [7, 11) is 0. The lowest BCUT2D eigenvalue weighted by atomic mass is 10.00. The molecule has 1 atom stereocenters. The second-order valence-electron chi connectivity index (χ2n) is 6.70. The Bertz CT molecular complexity index is 997. The van der Waals surface area contributed by atoms with Gasteiger partial charge in [0.25, 0.3) is 5.91 Å². The number of aryl methyl sites for hydroxylation is 1. The van der Waals surface area contributed by atoms with Crippen molar-refractivity contribution in [2.24, 2.45) is 5.73 Å². The monoisotopic (exact) mass is 367 g/mol. The number of hydrogen-bond acceptors (Lipinski definition) is 5. The van der Waals surface area contributed by atoms with Gasteiger partial charge in [0.1, 0.15) is 16.9 Å². The Labute approximate surface area is 156 Å². The summed E-state index contributed by atoms with van der Waals surface area (Å²) >= 11 is 0. The second kappa shape index (κ2) is 7.20. The highest BCUT2D eigenvalue weighted by Crippen LogP contribution is 2.28. The van der Waals surface area contributed by atoms with Gasteiger partial charge in [0.15, 0.2) is 0 Å². The number of hydrogen-bond donors (Lipinski definition) is 3. The number of aliphatic hydroxyl groups is 1. The molecule has 0 radical (unpaired) electrons. The van der Waals surface area contributed by atoms with Crippen molar-refractivity contribution < 1.29 is 19.1 Å². The van der Waals surface area contributed by atoms with E-state index in [2.05, 4.69) is 10.3 Å². The van der Waals surface area contributed by atoms with Crippen LogP contribution in [0.25, 0.3) is 11.0 Å². The van der Waals surface area contributed by atoms with Gasteiger partial charge in [-0.05, 0) is 55.7 Å². The Morgan fingerprint density at radius 2 is 1.93 bits per heavy atom. The van der Waals surface area contributed by atoms with Crippen LogP contribution in [0.2, 0.25) is 0 Å². The molecule has 2 amide bonds. The van der Waals surface area contributed by atoms with Crippen molar-refractivity contribution in [1.82, 2.24) is 10.3 Å². The van der Waals surface area contributed by atoms with E-state index in [9.17, 15) is 14.7 Å². The zero-order valence-electron chi connectivity index (χ0n) is 15.2. The third-order valence-electron chi connectivity index (χ3n) is 4.56. The summed E-state index contributed by atoms with van der Waals surface area (Å²) in [6.07, 6.45) is 4.14. The predicted octanol–water partition coefficient (Wildman–Crippen LogP) is 1.69. The molecule has 27 heavy (non-hydrogen) atoms. The maximum Gasteiger partial charge on any atom is 0.256 e. The Morgan fingerprint density at radius 1 is 1.22 bits per heavy atom. The average Bonchev–Trinajstić information content (AvgIpc) is 2.97. The number of nitrogens with one attached hydrogen (secondary N) is 1. The van der Waals surface area contributed by atoms with Crippen molar-refractivity contribution in [1.29, 1.82) is 0 Å². The van der Waals surface area contributed by atoms with Gasteiger partial charge < -0.3 is 20.6 Å². The van der Waals surface area contributed by atoms with Crippen molar-refractivity contribution in [2.75, 3.05) is 6.61 Å². The van der Waals surface area contributed by atoms with Gasteiger partial charge in [-0.1, -0.05) is 6.07 Å². The quantitative estimate of drug-likeness (QED) is 0.613. The standard InChI is InChI=1S/C20H21N3O4/c1-12-17(18(25)23-20(2,11-24)19(21)26)15-10-14(3-4-16(15)27-12)9-13-5-7-22-8-6-13/h3-8,10,24H,9,11H2,1-2H3,(H2,21,26)(H,23,25)/t20-/m0/s1. The molecule has 0 spiro atoms. The number of pyridine rings is 1. The van der Waals surface area contributed by atoms with E-state index in [0.29, 0.717) is 28.7 Å². The zero-order chi connectivity index (χ0) is 19.6. The Kier molecular flexibility index (Phi) is 4.96. The van der Waals surface area contributed by atoms with Gasteiger partial charge in [-0.2, -0.15) is 0 Å². The van der Waals surface area contributed by atoms with Gasteiger partial charge in [0, 0.05) is 17.8 Å². The van der Waals surface area contributed by atoms with Crippen molar-refractivity contribution in [3.63, 3.8) is 0 Å². The number of fused-ring (bicyclic) bond motifs is 1. The fourth-order valence-corrected chi connectivity index (χ4v) is 2.89. The van der Waals surface area contributed by atoms with E-state index in [0.717, 1.165) is 11.1 Å². The molecule has 0 bridgehead atoms. The van der Waals surface area contributed by atoms with Crippen LogP contribution in [0, 0.1) is 6.92 Å². The molecule has 2 aromatic heterocycles. The summed E-state index contributed by atoms with van der Waals surface area (Å²) in [5.41, 5.74) is 6.74. The fourth-order valence-electron chi connectivity index (χ4n) is 2.89. The molecule has 0 aliphatic rings. The fraction of sp³-hybridized carbons (Fsp3) is 0.250. The van der Waals surface area contributed by atoms with Crippen LogP contribution < -0.4 is 11.1 Å². The van der Waals surface area contributed by atoms with Crippen LogP contribution in [-0.2, 0) is 11.2 Å². The number of rotatable bonds is 6. The van der Waals surface area contributed by atoms with Crippen molar-refractivity contribution in [3.05, 3.63) is 65.2 Å². The molecular weight excluding hydrogens is 346 g/mol. The number of amides is 2. The maximum atomic E-state index is 12.8. The van der Waals surface area contributed by atoms with Crippen molar-refractivity contribution in [2.45, 2.75) is 25.8 Å². The lowest BCUT2D eigenvalue weighted by molar-refractivity contribution is -0.124. The number of carbonyl (C=O) groups is 2. The number of aromatic nitrogens is 1. The van der Waals surface area contributed by atoms with Gasteiger partial charge in [-0.25, -0.2) is 0 Å². The molecule has 3 rings (SSSR count). The topological polar surface area (TPSA) is 118 Å². The van der Waals surface area contributed by atoms with Crippen LogP contribution in [0.5, 0.6) is 0 Å². The normalized spacial score (nSPS) is 13.3. The summed E-state index contributed by atoms with van der Waals surface area (Å²) in [4.78, 5) is 28.4. The minimum Gasteiger partial charge on any atom is -0.461 e. The molecule has 0 aliphatic heterocycles. The van der Waals surface area contributed by atoms with Crippen LogP contribution in [0.1, 0.15) is 34.2 Å². The first-order chi connectivity index (χ1) is 12.8. The largest absolute Gasteiger partial charge is 0.461 e. The highest BCUT2D eigenvalue weighted by Gasteiger charge is 2.34. The van der Waals surface area contributed by atoms with E-state index in [4.69, 9.17) is 10.2 Å². The van der Waals surface area contributed by atoms with Gasteiger partial charge in [0.2, 0.25) is 5.91 Å². The molecule has 140 valence electrons. The van der Waals surface area contributed by atoms with E-state index in [-0.39, 0.29) is 0 Å². The Balaban J connectivity index is 1.97. The van der Waals surface area contributed by atoms with Crippen LogP contribution in [0.15, 0.2) is 47.1 Å². The first kappa shape index (κ1) is 18.6. The summed E-state index contributed by atoms with van der Waals surface area (Å²) in [6.45, 7) is 2.45. The van der Waals surface area contributed by atoms with Crippen molar-refractivity contribution in [3.8, 4) is 0 Å². The van der Waals surface area contributed by atoms with E-state index < -0.39 is 24.0 Å². The zero-order valence-corrected chi connectivity index (χ0v) is 15.2. The Hall–Kier alpha value is -3.19. The van der Waals surface area contributed by atoms with Gasteiger partial charge >= 0.3 is 0 Å². The summed E-state index contributed by atoms with van der Waals surface area (Å²) in [5, 5.41) is 12.6. The van der Waals surface area contributed by atoms with E-state index >= 15 is 0 Å². The molecule has 1 aromatic carbocycles. The molecule has 4 N–H and O–H groups in total. The van der Waals surface area contributed by atoms with Crippen LogP contribution in [0.4, 0.5) is 0 Å². The second-order valence-corrected chi connectivity index (χ2v) is 6.70. The third kappa shape index (κ3) is 3.68. The number of nitrogens with zero attached hydrogens (tertiary/aromatic N) is 1. The number of aliphatic hydroxyl groups excluding tert-OH is 1. The molecule has 0 aliphatic carbocycles. The molecule has 7 nitrogen and oxygen atoms in total. The first-order valence-corrected chi connectivity index (χ1v) is 8.48. The number of carbonyl (C=O) groups excluding carboxylic acids is 2. The summed E-state index contributed by atoms with van der Waals surface area (Å²) in [6, 6.07) is 9.50. The van der Waals surface area contributed by atoms with Crippen LogP contribution in [-0.4, -0.2) is 34.1 Å². The molecule has 0 saturated heterocycles. The number of benzene rings is 1. The maximum absolute atomic E-state index is 12.8. The van der Waals surface area contributed by atoms with Crippen molar-refractivity contribution >= 4 is 22.8 Å². The van der Waals surface area contributed by atoms with E-state index in [1.54, 1.807) is 19.3 Å². The number of nitrogens with two attached hydrogens (primary N) is 1. The van der Waals surface area contributed by atoms with E-state index in [1.807, 2.05) is 30.3 Å². The van der Waals surface area contributed by atoms with Crippen LogP contribution >= 0.6 is 0 Å². The molecule has 0 fully saturated rings. The SMILES string of the molecule is Cc1oc2ccc(Cc3ccncc3)cc2c1C(=O)N[C@@](C)(CO)C(N)=O. The lowest BCUT2D eigenvalue weighted by Crippen LogP contribution is -2.57. The third-order valence-corrected chi connectivity index (χ3v) is 4.56. The smallest absolute Gasteiger partial charge is 0.256 e. The van der Waals surface area contributed by atoms with Gasteiger partial charge in [-0.3, -0.25) is 14.6 Å². The minimum atomic E-state index is -1.55. The molecule has 0 saturated carbocycles. The minimum absolute atomic E-state index is 0.322. The van der Waals surface area contributed by atoms with Gasteiger partial charge in [0.05, 0.1) is 12.2 Å². The molecule has 3 aromatic rings. The summed E-state index contributed by atoms with van der Waals surface area (Å²) < 4.78 is 5.68.